The molecule has 1 aromatic heterocycles. The van der Waals surface area contributed by atoms with Crippen LogP contribution in [0.1, 0.15) is 37.7 Å². The van der Waals surface area contributed by atoms with Crippen LogP contribution in [0.5, 0.6) is 0 Å². The Bertz CT molecular complexity index is 426. The Labute approximate surface area is 113 Å². The molecule has 1 rings (SSSR count). The number of hydrogen-bond acceptors (Lipinski definition) is 4. The normalized spacial score (nSPS) is 10.9. The maximum atomic E-state index is 11.6. The summed E-state index contributed by atoms with van der Waals surface area (Å²) in [4.78, 5) is 30.9. The van der Waals surface area contributed by atoms with E-state index in [0.29, 0.717) is 25.2 Å². The van der Waals surface area contributed by atoms with E-state index in [1.54, 1.807) is 0 Å². The first-order chi connectivity index (χ1) is 8.91. The fourth-order valence-corrected chi connectivity index (χ4v) is 1.26. The van der Waals surface area contributed by atoms with E-state index in [1.807, 2.05) is 20.8 Å². The summed E-state index contributed by atoms with van der Waals surface area (Å²) in [7, 11) is 0. The Hall–Kier alpha value is -1.98. The molecule has 2 amide bonds. The Morgan fingerprint density at radius 3 is 2.42 bits per heavy atom. The van der Waals surface area contributed by atoms with Gasteiger partial charge in [0.15, 0.2) is 0 Å². The van der Waals surface area contributed by atoms with E-state index in [-0.39, 0.29) is 17.2 Å². The first kappa shape index (κ1) is 15.1. The zero-order valence-corrected chi connectivity index (χ0v) is 11.6. The summed E-state index contributed by atoms with van der Waals surface area (Å²) in [5.41, 5.74) is -0.0932. The van der Waals surface area contributed by atoms with Crippen LogP contribution in [0.3, 0.4) is 0 Å². The topological polar surface area (TPSA) is 84.0 Å². The molecule has 0 radical (unpaired) electrons. The molecule has 0 unspecified atom stereocenters. The third-order valence-electron chi connectivity index (χ3n) is 2.40. The van der Waals surface area contributed by atoms with Crippen LogP contribution in [0.15, 0.2) is 18.6 Å². The van der Waals surface area contributed by atoms with E-state index in [4.69, 9.17) is 0 Å². The van der Waals surface area contributed by atoms with Crippen molar-refractivity contribution in [3.05, 3.63) is 24.3 Å². The number of carbonyl (C=O) groups is 2. The lowest BCUT2D eigenvalue weighted by molar-refractivity contribution is -0.128. The minimum atomic E-state index is -0.386. The summed E-state index contributed by atoms with van der Waals surface area (Å²) in [5.74, 6) is -0.247. The number of nitrogens with zero attached hydrogens (tertiary/aromatic N) is 2. The van der Waals surface area contributed by atoms with Crippen molar-refractivity contribution in [1.29, 1.82) is 0 Å². The zero-order chi connectivity index (χ0) is 14.3. The van der Waals surface area contributed by atoms with Crippen LogP contribution < -0.4 is 10.6 Å². The Morgan fingerprint density at radius 1 is 1.16 bits per heavy atom. The Morgan fingerprint density at radius 2 is 1.84 bits per heavy atom. The predicted octanol–water partition coefficient (Wildman–Crippen LogP) is 0.759. The maximum absolute atomic E-state index is 11.6. The Balaban J connectivity index is 2.18. The molecule has 0 aliphatic rings. The molecule has 0 saturated heterocycles. The van der Waals surface area contributed by atoms with Gasteiger partial charge >= 0.3 is 0 Å². The number of aromatic nitrogens is 2. The highest BCUT2D eigenvalue weighted by atomic mass is 16.2. The smallest absolute Gasteiger partial charge is 0.271 e. The molecule has 0 atom stereocenters. The second-order valence-electron chi connectivity index (χ2n) is 5.21. The van der Waals surface area contributed by atoms with Crippen molar-refractivity contribution >= 4 is 11.8 Å². The highest BCUT2D eigenvalue weighted by Crippen LogP contribution is 2.11. The first-order valence-electron chi connectivity index (χ1n) is 6.24. The average molecular weight is 264 g/mol. The van der Waals surface area contributed by atoms with Gasteiger partial charge in [0.2, 0.25) is 5.91 Å². The van der Waals surface area contributed by atoms with Gasteiger partial charge in [-0.2, -0.15) is 0 Å². The van der Waals surface area contributed by atoms with Gasteiger partial charge in [-0.3, -0.25) is 14.6 Å². The molecule has 1 heterocycles. The second-order valence-corrected chi connectivity index (χ2v) is 5.21. The third kappa shape index (κ3) is 5.46. The first-order valence-corrected chi connectivity index (χ1v) is 6.24. The molecule has 0 aromatic carbocycles. The lowest BCUT2D eigenvalue weighted by Crippen LogP contribution is -2.36. The molecule has 0 fully saturated rings. The maximum Gasteiger partial charge on any atom is 0.271 e. The van der Waals surface area contributed by atoms with Gasteiger partial charge in [-0.25, -0.2) is 4.98 Å². The third-order valence-corrected chi connectivity index (χ3v) is 2.40. The SMILES string of the molecule is CC(C)(C)C(=O)NCCCNC(=O)c1cnccn1. The van der Waals surface area contributed by atoms with Crippen molar-refractivity contribution < 1.29 is 9.59 Å². The van der Waals surface area contributed by atoms with Crippen molar-refractivity contribution in [2.75, 3.05) is 13.1 Å². The molecular weight excluding hydrogens is 244 g/mol. The van der Waals surface area contributed by atoms with E-state index < -0.39 is 0 Å². The highest BCUT2D eigenvalue weighted by molar-refractivity contribution is 5.91. The van der Waals surface area contributed by atoms with Crippen molar-refractivity contribution in [3.63, 3.8) is 0 Å². The van der Waals surface area contributed by atoms with E-state index in [9.17, 15) is 9.59 Å². The summed E-state index contributed by atoms with van der Waals surface area (Å²) in [5, 5.41) is 5.54. The lowest BCUT2D eigenvalue weighted by atomic mass is 9.96. The molecule has 6 heteroatoms. The van der Waals surface area contributed by atoms with Gasteiger partial charge in [-0.1, -0.05) is 20.8 Å². The molecule has 0 spiro atoms. The summed E-state index contributed by atoms with van der Waals surface area (Å²) < 4.78 is 0. The van der Waals surface area contributed by atoms with Gasteiger partial charge in [-0.15, -0.1) is 0 Å². The van der Waals surface area contributed by atoms with Gasteiger partial charge in [0.25, 0.3) is 5.91 Å². The predicted molar refractivity (Wildman–Crippen MR) is 71.4 cm³/mol. The standard InChI is InChI=1S/C13H20N4O2/c1-13(2,3)12(19)17-6-4-5-16-11(18)10-9-14-7-8-15-10/h7-9H,4-6H2,1-3H3,(H,16,18)(H,17,19). The summed E-state index contributed by atoms with van der Waals surface area (Å²) in [6, 6.07) is 0. The Kier molecular flexibility index (Phi) is 5.41. The van der Waals surface area contributed by atoms with Crippen molar-refractivity contribution in [3.8, 4) is 0 Å². The quantitative estimate of drug-likeness (QED) is 0.769. The van der Waals surface area contributed by atoms with Gasteiger partial charge in [0, 0.05) is 30.9 Å². The molecule has 0 aliphatic heterocycles. The van der Waals surface area contributed by atoms with Gasteiger partial charge in [0.05, 0.1) is 6.20 Å². The summed E-state index contributed by atoms with van der Waals surface area (Å²) in [6.45, 7) is 6.60. The van der Waals surface area contributed by atoms with Crippen molar-refractivity contribution in [1.82, 2.24) is 20.6 Å². The average Bonchev–Trinajstić information content (AvgIpc) is 2.37. The van der Waals surface area contributed by atoms with Gasteiger partial charge < -0.3 is 10.6 Å². The van der Waals surface area contributed by atoms with Crippen LogP contribution >= 0.6 is 0 Å². The summed E-state index contributed by atoms with van der Waals surface area (Å²) >= 11 is 0. The van der Waals surface area contributed by atoms with Gasteiger partial charge in [-0.05, 0) is 6.42 Å². The van der Waals surface area contributed by atoms with Crippen LogP contribution in [0.4, 0.5) is 0 Å². The molecule has 1 aromatic rings. The molecule has 0 aliphatic carbocycles. The van der Waals surface area contributed by atoms with Crippen LogP contribution in [0, 0.1) is 5.41 Å². The highest BCUT2D eigenvalue weighted by Gasteiger charge is 2.20. The number of hydrogen-bond donors (Lipinski definition) is 2. The van der Waals surface area contributed by atoms with Gasteiger partial charge in [0.1, 0.15) is 5.69 Å². The van der Waals surface area contributed by atoms with E-state index in [2.05, 4.69) is 20.6 Å². The van der Waals surface area contributed by atoms with E-state index >= 15 is 0 Å². The number of amides is 2. The minimum absolute atomic E-state index is 0.00718. The molecule has 0 saturated carbocycles. The monoisotopic (exact) mass is 264 g/mol. The second kappa shape index (κ2) is 6.82. The van der Waals surface area contributed by atoms with E-state index in [0.717, 1.165) is 0 Å². The molecule has 104 valence electrons. The minimum Gasteiger partial charge on any atom is -0.356 e. The molecular formula is C13H20N4O2. The zero-order valence-electron chi connectivity index (χ0n) is 11.6. The number of nitrogens with one attached hydrogen (secondary N) is 2. The van der Waals surface area contributed by atoms with E-state index in [1.165, 1.54) is 18.6 Å². The largest absolute Gasteiger partial charge is 0.356 e. The molecule has 0 bridgehead atoms. The molecule has 6 nitrogen and oxygen atoms in total. The summed E-state index contributed by atoms with van der Waals surface area (Å²) in [6.07, 6.45) is 5.07. The van der Waals surface area contributed by atoms with Crippen LogP contribution in [0.25, 0.3) is 0 Å². The van der Waals surface area contributed by atoms with Crippen molar-refractivity contribution in [2.24, 2.45) is 5.41 Å². The molecule has 2 N–H and O–H groups in total. The number of carbonyl (C=O) groups excluding carboxylic acids is 2. The van der Waals surface area contributed by atoms with Crippen LogP contribution in [-0.4, -0.2) is 34.9 Å². The molecule has 19 heavy (non-hydrogen) atoms. The number of rotatable bonds is 5. The van der Waals surface area contributed by atoms with Crippen LogP contribution in [0.2, 0.25) is 0 Å². The van der Waals surface area contributed by atoms with Crippen LogP contribution in [-0.2, 0) is 4.79 Å². The van der Waals surface area contributed by atoms with Crippen molar-refractivity contribution in [2.45, 2.75) is 27.2 Å². The fourth-order valence-electron chi connectivity index (χ4n) is 1.26. The lowest BCUT2D eigenvalue weighted by Gasteiger charge is -2.17. The fraction of sp³-hybridized carbons (Fsp3) is 0.538.